The molecule has 0 atom stereocenters. The van der Waals surface area contributed by atoms with E-state index in [1.807, 2.05) is 0 Å². The molecule has 0 spiro atoms. The van der Waals surface area contributed by atoms with Crippen molar-refractivity contribution in [1.29, 1.82) is 0 Å². The van der Waals surface area contributed by atoms with Crippen LogP contribution in [0.2, 0.25) is 0 Å². The molecule has 2 aromatic rings. The molecule has 1 aromatic heterocycles. The number of aliphatic hydroxyl groups is 2. The Labute approximate surface area is 108 Å². The summed E-state index contributed by atoms with van der Waals surface area (Å²) in [6, 6.07) is 5.97. The third kappa shape index (κ3) is 3.12. The van der Waals surface area contributed by atoms with Gasteiger partial charge in [0.1, 0.15) is 0 Å². The van der Waals surface area contributed by atoms with Crippen molar-refractivity contribution < 1.29 is 15.0 Å². The molecule has 0 aliphatic heterocycles. The van der Waals surface area contributed by atoms with Crippen LogP contribution < -0.4 is 5.32 Å². The van der Waals surface area contributed by atoms with E-state index in [0.717, 1.165) is 0 Å². The second kappa shape index (κ2) is 6.03. The smallest absolute Gasteiger partial charge is 0.251 e. The second-order valence-corrected chi connectivity index (χ2v) is 3.85. The van der Waals surface area contributed by atoms with E-state index in [4.69, 9.17) is 10.2 Å². The van der Waals surface area contributed by atoms with Crippen LogP contribution in [-0.4, -0.2) is 56.0 Å². The number of carbonyl (C=O) groups is 1. The van der Waals surface area contributed by atoms with Crippen LogP contribution in [0.3, 0.4) is 0 Å². The van der Waals surface area contributed by atoms with Crippen LogP contribution >= 0.6 is 0 Å². The van der Waals surface area contributed by atoms with Gasteiger partial charge in [-0.05, 0) is 17.3 Å². The molecule has 0 saturated carbocycles. The minimum absolute atomic E-state index is 0.327. The van der Waals surface area contributed by atoms with Crippen molar-refractivity contribution in [2.45, 2.75) is 6.04 Å². The van der Waals surface area contributed by atoms with Crippen LogP contribution in [0, 0.1) is 0 Å². The number of amides is 1. The Morgan fingerprint density at radius 2 is 2.16 bits per heavy atom. The van der Waals surface area contributed by atoms with Gasteiger partial charge in [0.15, 0.2) is 0 Å². The van der Waals surface area contributed by atoms with Gasteiger partial charge < -0.3 is 15.5 Å². The minimum atomic E-state index is -0.679. The van der Waals surface area contributed by atoms with Gasteiger partial charge in [-0.3, -0.25) is 4.79 Å². The lowest BCUT2D eigenvalue weighted by Crippen LogP contribution is -2.40. The molecule has 0 fully saturated rings. The largest absolute Gasteiger partial charge is 0.394 e. The fourth-order valence-electron chi connectivity index (χ4n) is 1.50. The third-order valence-corrected chi connectivity index (χ3v) is 2.50. The standard InChI is InChI=1S/C11H13N5O3/c17-5-9(6-18)12-11(19)8-3-1-2-7(4-8)10-13-15-16-14-10/h1-4,9,17-18H,5-6H2,(H,12,19)(H,13,14,15,16). The van der Waals surface area contributed by atoms with Gasteiger partial charge in [-0.25, -0.2) is 0 Å². The number of aliphatic hydroxyl groups excluding tert-OH is 2. The highest BCUT2D eigenvalue weighted by molar-refractivity contribution is 5.95. The first kappa shape index (κ1) is 13.1. The maximum Gasteiger partial charge on any atom is 0.251 e. The number of rotatable bonds is 5. The zero-order valence-electron chi connectivity index (χ0n) is 9.95. The van der Waals surface area contributed by atoms with E-state index in [0.29, 0.717) is 17.0 Å². The van der Waals surface area contributed by atoms with Gasteiger partial charge in [0.05, 0.1) is 19.3 Å². The Morgan fingerprint density at radius 3 is 2.79 bits per heavy atom. The van der Waals surface area contributed by atoms with E-state index < -0.39 is 11.9 Å². The lowest BCUT2D eigenvalue weighted by atomic mass is 10.1. The Balaban J connectivity index is 2.17. The first-order valence-electron chi connectivity index (χ1n) is 5.61. The summed E-state index contributed by atoms with van der Waals surface area (Å²) in [4.78, 5) is 11.9. The highest BCUT2D eigenvalue weighted by Gasteiger charge is 2.13. The molecule has 0 saturated heterocycles. The number of H-pyrrole nitrogens is 1. The van der Waals surface area contributed by atoms with Crippen molar-refractivity contribution in [1.82, 2.24) is 25.9 Å². The van der Waals surface area contributed by atoms with Gasteiger partial charge >= 0.3 is 0 Å². The van der Waals surface area contributed by atoms with E-state index in [2.05, 4.69) is 25.9 Å². The monoisotopic (exact) mass is 263 g/mol. The molecule has 2 rings (SSSR count). The van der Waals surface area contributed by atoms with E-state index in [9.17, 15) is 4.79 Å². The van der Waals surface area contributed by atoms with Crippen molar-refractivity contribution in [2.24, 2.45) is 0 Å². The number of tetrazole rings is 1. The average Bonchev–Trinajstić information content (AvgIpc) is 2.99. The van der Waals surface area contributed by atoms with E-state index in [1.165, 1.54) is 0 Å². The van der Waals surface area contributed by atoms with Crippen LogP contribution in [-0.2, 0) is 0 Å². The zero-order chi connectivity index (χ0) is 13.7. The van der Waals surface area contributed by atoms with Crippen LogP contribution in [0.1, 0.15) is 10.4 Å². The molecule has 0 bridgehead atoms. The fourth-order valence-corrected chi connectivity index (χ4v) is 1.50. The van der Waals surface area contributed by atoms with Gasteiger partial charge in [0.2, 0.25) is 5.82 Å². The summed E-state index contributed by atoms with van der Waals surface area (Å²) >= 11 is 0. The van der Waals surface area contributed by atoms with E-state index >= 15 is 0 Å². The molecule has 0 aliphatic carbocycles. The van der Waals surface area contributed by atoms with Crippen LogP contribution in [0.4, 0.5) is 0 Å². The van der Waals surface area contributed by atoms with E-state index in [1.54, 1.807) is 24.3 Å². The predicted molar refractivity (Wildman–Crippen MR) is 65.0 cm³/mol. The van der Waals surface area contributed by atoms with Crippen LogP contribution in [0.15, 0.2) is 24.3 Å². The summed E-state index contributed by atoms with van der Waals surface area (Å²) in [5, 5.41) is 33.8. The van der Waals surface area contributed by atoms with Gasteiger partial charge in [-0.15, -0.1) is 10.2 Å². The fraction of sp³-hybridized carbons (Fsp3) is 0.273. The summed E-state index contributed by atoms with van der Waals surface area (Å²) in [5.74, 6) is -0.00559. The van der Waals surface area contributed by atoms with Crippen molar-refractivity contribution in [3.8, 4) is 11.4 Å². The summed E-state index contributed by atoms with van der Waals surface area (Å²) < 4.78 is 0. The molecular weight excluding hydrogens is 250 g/mol. The quantitative estimate of drug-likeness (QED) is 0.545. The molecule has 1 amide bonds. The summed E-state index contributed by atoms with van der Waals surface area (Å²) in [6.07, 6.45) is 0. The molecule has 100 valence electrons. The Hall–Kier alpha value is -2.32. The van der Waals surface area contributed by atoms with Gasteiger partial charge in [0.25, 0.3) is 5.91 Å². The van der Waals surface area contributed by atoms with Gasteiger partial charge in [-0.1, -0.05) is 12.1 Å². The van der Waals surface area contributed by atoms with E-state index in [-0.39, 0.29) is 13.2 Å². The molecule has 8 nitrogen and oxygen atoms in total. The first-order valence-corrected chi connectivity index (χ1v) is 5.61. The normalized spacial score (nSPS) is 10.7. The molecule has 0 unspecified atom stereocenters. The van der Waals surface area contributed by atoms with Crippen LogP contribution in [0.5, 0.6) is 0 Å². The maximum atomic E-state index is 11.9. The number of carbonyl (C=O) groups excluding carboxylic acids is 1. The topological polar surface area (TPSA) is 124 Å². The highest BCUT2D eigenvalue weighted by atomic mass is 16.3. The number of nitrogens with zero attached hydrogens (tertiary/aromatic N) is 3. The lowest BCUT2D eigenvalue weighted by Gasteiger charge is -2.13. The number of hydrogen-bond acceptors (Lipinski definition) is 6. The molecule has 0 radical (unpaired) electrons. The van der Waals surface area contributed by atoms with Crippen molar-refractivity contribution in [2.75, 3.05) is 13.2 Å². The van der Waals surface area contributed by atoms with Crippen LogP contribution in [0.25, 0.3) is 11.4 Å². The summed E-state index contributed by atoms with van der Waals surface area (Å²) in [7, 11) is 0. The second-order valence-electron chi connectivity index (χ2n) is 3.85. The number of hydrogen-bond donors (Lipinski definition) is 4. The molecule has 1 aromatic carbocycles. The molecular formula is C11H13N5O3. The first-order chi connectivity index (χ1) is 9.24. The Bertz CT molecular complexity index is 539. The van der Waals surface area contributed by atoms with Crippen molar-refractivity contribution in [3.63, 3.8) is 0 Å². The SMILES string of the molecule is O=C(NC(CO)CO)c1cccc(-c2nn[nH]n2)c1. The zero-order valence-corrected chi connectivity index (χ0v) is 9.95. The molecule has 1 heterocycles. The Kier molecular flexibility index (Phi) is 4.16. The third-order valence-electron chi connectivity index (χ3n) is 2.50. The number of nitrogens with one attached hydrogen (secondary N) is 2. The number of benzene rings is 1. The molecule has 0 aliphatic rings. The summed E-state index contributed by atoms with van der Waals surface area (Å²) in [5.41, 5.74) is 1.03. The predicted octanol–water partition coefficient (Wildman–Crippen LogP) is -1.05. The number of aromatic nitrogens is 4. The van der Waals surface area contributed by atoms with Gasteiger partial charge in [0, 0.05) is 11.1 Å². The van der Waals surface area contributed by atoms with Crippen molar-refractivity contribution >= 4 is 5.91 Å². The Morgan fingerprint density at radius 1 is 1.37 bits per heavy atom. The minimum Gasteiger partial charge on any atom is -0.394 e. The number of aromatic amines is 1. The molecule has 8 heteroatoms. The lowest BCUT2D eigenvalue weighted by molar-refractivity contribution is 0.0879. The average molecular weight is 263 g/mol. The maximum absolute atomic E-state index is 11.9. The summed E-state index contributed by atoms with van der Waals surface area (Å²) in [6.45, 7) is -0.653. The van der Waals surface area contributed by atoms with Gasteiger partial charge in [-0.2, -0.15) is 5.21 Å². The molecule has 19 heavy (non-hydrogen) atoms. The van der Waals surface area contributed by atoms with Crippen molar-refractivity contribution in [3.05, 3.63) is 29.8 Å². The molecule has 4 N–H and O–H groups in total. The highest BCUT2D eigenvalue weighted by Crippen LogP contribution is 2.14.